The molecule has 0 radical (unpaired) electrons. The van der Waals surface area contributed by atoms with Gasteiger partial charge in [0.15, 0.2) is 5.69 Å². The second-order valence-electron chi connectivity index (χ2n) is 6.05. The maximum Gasteiger partial charge on any atom is 0.276 e. The van der Waals surface area contributed by atoms with Crippen molar-refractivity contribution in [2.24, 2.45) is 0 Å². The number of nitrogens with zero attached hydrogens (tertiary/aromatic N) is 4. The van der Waals surface area contributed by atoms with Gasteiger partial charge in [-0.25, -0.2) is 12.8 Å². The average Bonchev–Trinajstić information content (AvgIpc) is 3.08. The van der Waals surface area contributed by atoms with E-state index in [1.807, 2.05) is 0 Å². The monoisotopic (exact) mass is 367 g/mol. The fraction of sp³-hybridized carbons (Fsp3) is 0.400. The van der Waals surface area contributed by atoms with Gasteiger partial charge < -0.3 is 4.90 Å². The van der Waals surface area contributed by atoms with Crippen LogP contribution >= 0.6 is 0 Å². The molecule has 3 rings (SSSR count). The number of carbonyl (C=O) groups is 1. The van der Waals surface area contributed by atoms with Gasteiger partial charge in [0.2, 0.25) is 10.0 Å². The summed E-state index contributed by atoms with van der Waals surface area (Å²) in [5.41, 5.74) is 0.181. The Morgan fingerprint density at radius 2 is 1.96 bits per heavy atom. The number of nitrogens with one attached hydrogen (secondary N) is 1. The molecule has 1 fully saturated rings. The molecule has 1 aliphatic rings. The van der Waals surface area contributed by atoms with Crippen LogP contribution in [0.15, 0.2) is 35.4 Å². The topological polar surface area (TPSA) is 99.3 Å². The van der Waals surface area contributed by atoms with Crippen molar-refractivity contribution >= 4 is 15.9 Å². The Bertz CT molecular complexity index is 859. The minimum absolute atomic E-state index is 0.0943. The van der Waals surface area contributed by atoms with E-state index >= 15 is 0 Å². The number of piperazine rings is 1. The largest absolute Gasteiger partial charge is 0.329 e. The highest BCUT2D eigenvalue weighted by atomic mass is 32.2. The fourth-order valence-electron chi connectivity index (χ4n) is 3.09. The Kier molecular flexibility index (Phi) is 4.56. The number of amides is 1. The number of rotatable bonds is 3. The van der Waals surface area contributed by atoms with Gasteiger partial charge in [0.05, 0.1) is 11.1 Å². The Morgan fingerprint density at radius 1 is 1.28 bits per heavy atom. The van der Waals surface area contributed by atoms with Gasteiger partial charge in [-0.05, 0) is 32.0 Å². The molecule has 0 saturated carbocycles. The molecular weight excluding hydrogens is 349 g/mol. The van der Waals surface area contributed by atoms with Crippen LogP contribution in [0.4, 0.5) is 4.39 Å². The average molecular weight is 367 g/mol. The summed E-state index contributed by atoms with van der Waals surface area (Å²) in [5.74, 6) is -0.918. The number of carbonyl (C=O) groups excluding carboxylic acids is 1. The quantitative estimate of drug-likeness (QED) is 0.868. The molecule has 0 unspecified atom stereocenters. The zero-order valence-electron chi connectivity index (χ0n) is 13.8. The minimum atomic E-state index is -3.83. The van der Waals surface area contributed by atoms with Gasteiger partial charge in [-0.2, -0.15) is 4.31 Å². The molecule has 1 N–H and O–H groups in total. The third kappa shape index (κ3) is 3.27. The van der Waals surface area contributed by atoms with E-state index in [0.717, 1.165) is 6.07 Å². The SMILES string of the molecule is C[C@@H]1CN(S(=O)(=O)c2cccc(F)c2)C[C@H](C)N1C(=O)c1c[nH]nn1. The molecule has 134 valence electrons. The first-order chi connectivity index (χ1) is 11.8. The summed E-state index contributed by atoms with van der Waals surface area (Å²) in [6.45, 7) is 3.77. The van der Waals surface area contributed by atoms with Crippen molar-refractivity contribution in [2.45, 2.75) is 30.8 Å². The second-order valence-corrected chi connectivity index (χ2v) is 7.99. The van der Waals surface area contributed by atoms with Crippen molar-refractivity contribution in [1.29, 1.82) is 0 Å². The number of hydrogen-bond donors (Lipinski definition) is 1. The first kappa shape index (κ1) is 17.5. The Balaban J connectivity index is 1.83. The van der Waals surface area contributed by atoms with Crippen LogP contribution < -0.4 is 0 Å². The van der Waals surface area contributed by atoms with Crippen LogP contribution in [0.2, 0.25) is 0 Å². The molecule has 1 saturated heterocycles. The molecule has 0 bridgehead atoms. The number of aromatic amines is 1. The van der Waals surface area contributed by atoms with Crippen LogP contribution in [0.1, 0.15) is 24.3 Å². The van der Waals surface area contributed by atoms with Gasteiger partial charge in [-0.15, -0.1) is 5.10 Å². The lowest BCUT2D eigenvalue weighted by Crippen LogP contribution is -2.59. The van der Waals surface area contributed by atoms with E-state index < -0.39 is 15.8 Å². The summed E-state index contributed by atoms with van der Waals surface area (Å²) in [6.07, 6.45) is 1.40. The van der Waals surface area contributed by atoms with E-state index in [2.05, 4.69) is 15.4 Å². The number of hydrogen-bond acceptors (Lipinski definition) is 5. The standard InChI is InChI=1S/C15H18FN5O3S/c1-10-8-20(25(23,24)13-5-3-4-12(16)6-13)9-11(2)21(10)15(22)14-7-17-19-18-14/h3-7,10-11H,8-9H2,1-2H3,(H,17,18,19)/t10-,11+. The van der Waals surface area contributed by atoms with Crippen LogP contribution in [-0.2, 0) is 10.0 Å². The van der Waals surface area contributed by atoms with E-state index in [1.54, 1.807) is 18.7 Å². The van der Waals surface area contributed by atoms with E-state index in [9.17, 15) is 17.6 Å². The molecule has 2 aromatic rings. The van der Waals surface area contributed by atoms with Crippen molar-refractivity contribution in [3.63, 3.8) is 0 Å². The molecule has 1 amide bonds. The van der Waals surface area contributed by atoms with E-state index in [-0.39, 0.29) is 41.7 Å². The highest BCUT2D eigenvalue weighted by molar-refractivity contribution is 7.89. The van der Waals surface area contributed by atoms with Gasteiger partial charge in [0.1, 0.15) is 5.82 Å². The number of benzene rings is 1. The Labute approximate surface area is 144 Å². The first-order valence-electron chi connectivity index (χ1n) is 7.75. The molecule has 8 nitrogen and oxygen atoms in total. The van der Waals surface area contributed by atoms with Crippen molar-refractivity contribution in [3.8, 4) is 0 Å². The zero-order valence-corrected chi connectivity index (χ0v) is 14.6. The summed E-state index contributed by atoms with van der Waals surface area (Å²) in [5, 5.41) is 9.73. The summed E-state index contributed by atoms with van der Waals surface area (Å²) < 4.78 is 40.2. The first-order valence-corrected chi connectivity index (χ1v) is 9.19. The lowest BCUT2D eigenvalue weighted by molar-refractivity contribution is 0.0434. The Morgan fingerprint density at radius 3 is 2.52 bits per heavy atom. The summed E-state index contributed by atoms with van der Waals surface area (Å²) >= 11 is 0. The highest BCUT2D eigenvalue weighted by Gasteiger charge is 2.39. The number of H-pyrrole nitrogens is 1. The molecule has 1 aromatic heterocycles. The predicted molar refractivity (Wildman–Crippen MR) is 86.6 cm³/mol. The van der Waals surface area contributed by atoms with Crippen LogP contribution in [0, 0.1) is 5.82 Å². The van der Waals surface area contributed by atoms with Crippen molar-refractivity contribution in [1.82, 2.24) is 24.6 Å². The molecule has 1 aromatic carbocycles. The lowest BCUT2D eigenvalue weighted by atomic mass is 10.1. The number of sulfonamides is 1. The van der Waals surface area contributed by atoms with Crippen LogP contribution in [0.5, 0.6) is 0 Å². The van der Waals surface area contributed by atoms with Crippen LogP contribution in [0.25, 0.3) is 0 Å². The molecule has 0 spiro atoms. The number of aromatic nitrogens is 3. The third-order valence-corrected chi connectivity index (χ3v) is 6.02. The number of halogens is 1. The molecule has 10 heteroatoms. The normalized spacial score (nSPS) is 22.1. The van der Waals surface area contributed by atoms with Gasteiger partial charge in [0, 0.05) is 25.2 Å². The maximum absolute atomic E-state index is 13.4. The smallest absolute Gasteiger partial charge is 0.276 e. The maximum atomic E-state index is 13.4. The van der Waals surface area contributed by atoms with Crippen molar-refractivity contribution < 1.29 is 17.6 Å². The Hall–Kier alpha value is -2.33. The lowest BCUT2D eigenvalue weighted by Gasteiger charge is -2.43. The second kappa shape index (κ2) is 6.52. The van der Waals surface area contributed by atoms with Gasteiger partial charge in [-0.3, -0.25) is 9.89 Å². The molecular formula is C15H18FN5O3S. The van der Waals surface area contributed by atoms with Gasteiger partial charge >= 0.3 is 0 Å². The molecule has 2 atom stereocenters. The highest BCUT2D eigenvalue weighted by Crippen LogP contribution is 2.24. The summed E-state index contributed by atoms with van der Waals surface area (Å²) in [7, 11) is -3.83. The fourth-order valence-corrected chi connectivity index (χ4v) is 4.72. The molecule has 25 heavy (non-hydrogen) atoms. The van der Waals surface area contributed by atoms with Crippen LogP contribution in [-0.4, -0.2) is 64.1 Å². The predicted octanol–water partition coefficient (Wildman–Crippen LogP) is 0.867. The molecule has 1 aliphatic heterocycles. The van der Waals surface area contributed by atoms with Gasteiger partial charge in [0.25, 0.3) is 5.91 Å². The van der Waals surface area contributed by atoms with Gasteiger partial charge in [-0.1, -0.05) is 11.3 Å². The zero-order chi connectivity index (χ0) is 18.2. The summed E-state index contributed by atoms with van der Waals surface area (Å²) in [6, 6.07) is 4.18. The van der Waals surface area contributed by atoms with E-state index in [0.29, 0.717) is 0 Å². The summed E-state index contributed by atoms with van der Waals surface area (Å²) in [4.78, 5) is 14.0. The molecule has 0 aliphatic carbocycles. The minimum Gasteiger partial charge on any atom is -0.329 e. The van der Waals surface area contributed by atoms with E-state index in [4.69, 9.17) is 0 Å². The van der Waals surface area contributed by atoms with Crippen LogP contribution in [0.3, 0.4) is 0 Å². The van der Waals surface area contributed by atoms with Crippen molar-refractivity contribution in [2.75, 3.05) is 13.1 Å². The van der Waals surface area contributed by atoms with E-state index in [1.165, 1.54) is 28.7 Å². The molecule has 2 heterocycles. The third-order valence-electron chi connectivity index (χ3n) is 4.19. The van der Waals surface area contributed by atoms with Crippen molar-refractivity contribution in [3.05, 3.63) is 42.0 Å².